The van der Waals surface area contributed by atoms with Crippen molar-refractivity contribution in [1.82, 2.24) is 5.32 Å². The van der Waals surface area contributed by atoms with Gasteiger partial charge in [0, 0.05) is 12.5 Å². The summed E-state index contributed by atoms with van der Waals surface area (Å²) in [4.78, 5) is 0. The van der Waals surface area contributed by atoms with Crippen molar-refractivity contribution in [3.8, 4) is 0 Å². The van der Waals surface area contributed by atoms with Gasteiger partial charge in [-0.25, -0.2) is 8.78 Å². The van der Waals surface area contributed by atoms with Gasteiger partial charge in [0.1, 0.15) is 11.5 Å². The van der Waals surface area contributed by atoms with Gasteiger partial charge in [0.25, 0.3) is 0 Å². The van der Waals surface area contributed by atoms with E-state index in [9.17, 15) is 8.78 Å². The zero-order valence-corrected chi connectivity index (χ0v) is 11.0. The van der Waals surface area contributed by atoms with Crippen LogP contribution in [0, 0.1) is 11.6 Å². The van der Waals surface area contributed by atoms with Gasteiger partial charge in [-0.2, -0.15) is 0 Å². The lowest BCUT2D eigenvalue weighted by Crippen LogP contribution is -2.18. The van der Waals surface area contributed by atoms with Crippen LogP contribution in [0.15, 0.2) is 34.7 Å². The summed E-state index contributed by atoms with van der Waals surface area (Å²) in [5.74, 6) is 0.135. The molecule has 0 saturated carbocycles. The lowest BCUT2D eigenvalue weighted by molar-refractivity contribution is 0.434. The minimum atomic E-state index is -0.824. The fourth-order valence-electron chi connectivity index (χ4n) is 1.86. The smallest absolute Gasteiger partial charge is 0.159 e. The Hall–Kier alpha value is -1.68. The Balaban J connectivity index is 1.96. The second-order valence-corrected chi connectivity index (χ2v) is 4.50. The third-order valence-electron chi connectivity index (χ3n) is 3.09. The molecule has 1 unspecified atom stereocenters. The molecule has 1 N–H and O–H groups in total. The number of rotatable bonds is 5. The first kappa shape index (κ1) is 13.7. The van der Waals surface area contributed by atoms with E-state index in [1.807, 2.05) is 26.0 Å². The Morgan fingerprint density at radius 2 is 1.84 bits per heavy atom. The molecule has 2 nitrogen and oxygen atoms in total. The first-order valence-electron chi connectivity index (χ1n) is 6.36. The van der Waals surface area contributed by atoms with Crippen LogP contribution in [0.25, 0.3) is 0 Å². The summed E-state index contributed by atoms with van der Waals surface area (Å²) >= 11 is 0. The summed E-state index contributed by atoms with van der Waals surface area (Å²) in [6, 6.07) is 7.72. The number of nitrogens with one attached hydrogen (secondary N) is 1. The summed E-state index contributed by atoms with van der Waals surface area (Å²) in [6.45, 7) is 4.48. The maximum absolute atomic E-state index is 13.1. The van der Waals surface area contributed by atoms with E-state index in [0.717, 1.165) is 24.0 Å². The van der Waals surface area contributed by atoms with Gasteiger partial charge in [-0.15, -0.1) is 0 Å². The third-order valence-corrected chi connectivity index (χ3v) is 3.09. The molecule has 1 aromatic heterocycles. The average molecular weight is 265 g/mol. The number of benzene rings is 1. The maximum atomic E-state index is 13.1. The molecule has 1 aromatic carbocycles. The predicted molar refractivity (Wildman–Crippen MR) is 69.7 cm³/mol. The third kappa shape index (κ3) is 3.41. The van der Waals surface area contributed by atoms with Crippen molar-refractivity contribution in [3.05, 3.63) is 59.1 Å². The highest BCUT2D eigenvalue weighted by atomic mass is 19.2. The van der Waals surface area contributed by atoms with E-state index in [4.69, 9.17) is 4.42 Å². The Bertz CT molecular complexity index is 551. The van der Waals surface area contributed by atoms with Crippen LogP contribution in [0.4, 0.5) is 8.78 Å². The van der Waals surface area contributed by atoms with Crippen molar-refractivity contribution in [3.63, 3.8) is 0 Å². The molecule has 0 bridgehead atoms. The lowest BCUT2D eigenvalue weighted by Gasteiger charge is -2.13. The zero-order chi connectivity index (χ0) is 13.8. The number of hydrogen-bond donors (Lipinski definition) is 1. The Labute approximate surface area is 111 Å². The number of aryl methyl sites for hydroxylation is 1. The van der Waals surface area contributed by atoms with Gasteiger partial charge in [0.15, 0.2) is 11.6 Å². The molecule has 1 atom stereocenters. The van der Waals surface area contributed by atoms with Gasteiger partial charge in [-0.05, 0) is 36.8 Å². The molecule has 2 rings (SSSR count). The van der Waals surface area contributed by atoms with Crippen molar-refractivity contribution in [2.24, 2.45) is 0 Å². The first-order chi connectivity index (χ1) is 9.10. The van der Waals surface area contributed by atoms with E-state index in [2.05, 4.69) is 5.32 Å². The molecule has 0 radical (unpaired) electrons. The van der Waals surface area contributed by atoms with Crippen LogP contribution in [0.5, 0.6) is 0 Å². The Kier molecular flexibility index (Phi) is 4.32. The molecular weight excluding hydrogens is 248 g/mol. The molecule has 0 amide bonds. The fraction of sp³-hybridized carbons (Fsp3) is 0.333. The van der Waals surface area contributed by atoms with E-state index in [0.29, 0.717) is 12.1 Å². The van der Waals surface area contributed by atoms with Crippen molar-refractivity contribution < 1.29 is 13.2 Å². The quantitative estimate of drug-likeness (QED) is 0.884. The maximum Gasteiger partial charge on any atom is 0.159 e. The highest BCUT2D eigenvalue weighted by Gasteiger charge is 2.09. The van der Waals surface area contributed by atoms with Crippen LogP contribution in [0.1, 0.15) is 37.0 Å². The van der Waals surface area contributed by atoms with Crippen molar-refractivity contribution >= 4 is 0 Å². The van der Waals surface area contributed by atoms with E-state index in [1.165, 1.54) is 6.07 Å². The van der Waals surface area contributed by atoms with Crippen LogP contribution in [0.3, 0.4) is 0 Å². The minimum Gasteiger partial charge on any atom is -0.465 e. The highest BCUT2D eigenvalue weighted by molar-refractivity contribution is 5.21. The van der Waals surface area contributed by atoms with Crippen molar-refractivity contribution in [2.45, 2.75) is 32.9 Å². The number of halogens is 2. The van der Waals surface area contributed by atoms with Crippen LogP contribution < -0.4 is 5.32 Å². The largest absolute Gasteiger partial charge is 0.465 e. The van der Waals surface area contributed by atoms with E-state index in [1.54, 1.807) is 6.07 Å². The second kappa shape index (κ2) is 5.97. The van der Waals surface area contributed by atoms with Gasteiger partial charge in [-0.1, -0.05) is 13.0 Å². The molecule has 0 spiro atoms. The summed E-state index contributed by atoms with van der Waals surface area (Å²) in [5.41, 5.74) is 0.709. The fourth-order valence-corrected chi connectivity index (χ4v) is 1.86. The topological polar surface area (TPSA) is 25.2 Å². The van der Waals surface area contributed by atoms with Crippen LogP contribution in [0.2, 0.25) is 0 Å². The molecular formula is C15H17F2NO. The molecule has 2 aromatic rings. The molecule has 0 saturated heterocycles. The summed E-state index contributed by atoms with van der Waals surface area (Å²) in [7, 11) is 0. The van der Waals surface area contributed by atoms with Gasteiger partial charge >= 0.3 is 0 Å². The monoisotopic (exact) mass is 265 g/mol. The van der Waals surface area contributed by atoms with E-state index >= 15 is 0 Å². The zero-order valence-electron chi connectivity index (χ0n) is 11.0. The van der Waals surface area contributed by atoms with Crippen LogP contribution in [-0.4, -0.2) is 0 Å². The number of furan rings is 1. The first-order valence-corrected chi connectivity index (χ1v) is 6.36. The second-order valence-electron chi connectivity index (χ2n) is 4.50. The Morgan fingerprint density at radius 1 is 1.11 bits per heavy atom. The van der Waals surface area contributed by atoms with Crippen molar-refractivity contribution in [2.75, 3.05) is 0 Å². The highest BCUT2D eigenvalue weighted by Crippen LogP contribution is 2.17. The molecule has 0 aliphatic rings. The summed E-state index contributed by atoms with van der Waals surface area (Å²) in [5, 5.41) is 3.22. The normalized spacial score (nSPS) is 12.6. The summed E-state index contributed by atoms with van der Waals surface area (Å²) < 4.78 is 31.5. The standard InChI is InChI=1S/C15H17F2NO/c1-3-12-5-6-13(19-12)9-18-10(2)11-4-7-14(16)15(17)8-11/h4-8,10,18H,3,9H2,1-2H3. The molecule has 0 aliphatic heterocycles. The van der Waals surface area contributed by atoms with Crippen LogP contribution >= 0.6 is 0 Å². The van der Waals surface area contributed by atoms with E-state index < -0.39 is 11.6 Å². The summed E-state index contributed by atoms with van der Waals surface area (Å²) in [6.07, 6.45) is 0.860. The molecule has 0 aliphatic carbocycles. The molecule has 4 heteroatoms. The SMILES string of the molecule is CCc1ccc(CNC(C)c2ccc(F)c(F)c2)o1. The predicted octanol–water partition coefficient (Wildman–Crippen LogP) is 3.97. The van der Waals surface area contributed by atoms with E-state index in [-0.39, 0.29) is 6.04 Å². The van der Waals surface area contributed by atoms with Crippen molar-refractivity contribution in [1.29, 1.82) is 0 Å². The van der Waals surface area contributed by atoms with Gasteiger partial charge < -0.3 is 9.73 Å². The minimum absolute atomic E-state index is 0.0784. The molecule has 102 valence electrons. The average Bonchev–Trinajstić information content (AvgIpc) is 2.87. The molecule has 19 heavy (non-hydrogen) atoms. The van der Waals surface area contributed by atoms with Gasteiger partial charge in [-0.3, -0.25) is 0 Å². The molecule has 0 fully saturated rings. The molecule has 1 heterocycles. The number of hydrogen-bond acceptors (Lipinski definition) is 2. The van der Waals surface area contributed by atoms with Gasteiger partial charge in [0.2, 0.25) is 0 Å². The lowest BCUT2D eigenvalue weighted by atomic mass is 10.1. The van der Waals surface area contributed by atoms with Crippen LogP contribution in [-0.2, 0) is 13.0 Å². The Morgan fingerprint density at radius 3 is 2.47 bits per heavy atom. The van der Waals surface area contributed by atoms with Gasteiger partial charge in [0.05, 0.1) is 6.54 Å².